The summed E-state index contributed by atoms with van der Waals surface area (Å²) >= 11 is 0. The number of hydrogen-bond donors (Lipinski definition) is 0. The molecule has 0 spiro atoms. The molecular formula is C35H48N2O7. The minimum atomic E-state index is -0.649. The number of carbonyl (C=O) groups excluding carboxylic acids is 3. The number of carbonyl (C=O) groups is 3. The Balaban J connectivity index is 1.80. The van der Waals surface area contributed by atoms with Crippen LogP contribution in [0.3, 0.4) is 0 Å². The van der Waals surface area contributed by atoms with Crippen molar-refractivity contribution in [3.63, 3.8) is 0 Å². The fourth-order valence-electron chi connectivity index (χ4n) is 6.03. The summed E-state index contributed by atoms with van der Waals surface area (Å²) in [7, 11) is 3.17. The van der Waals surface area contributed by atoms with Gasteiger partial charge in [0.15, 0.2) is 5.78 Å². The van der Waals surface area contributed by atoms with E-state index in [2.05, 4.69) is 0 Å². The lowest BCUT2D eigenvalue weighted by atomic mass is 9.85. The largest absolute Gasteiger partial charge is 0.497 e. The highest BCUT2D eigenvalue weighted by atomic mass is 16.6. The highest BCUT2D eigenvalue weighted by Gasteiger charge is 2.37. The van der Waals surface area contributed by atoms with Crippen LogP contribution >= 0.6 is 0 Å². The molecule has 240 valence electrons. The summed E-state index contributed by atoms with van der Waals surface area (Å²) in [4.78, 5) is 44.8. The number of benzene rings is 2. The molecule has 0 aromatic heterocycles. The molecule has 9 nitrogen and oxygen atoms in total. The average molecular weight is 609 g/mol. The fourth-order valence-corrected chi connectivity index (χ4v) is 6.03. The third-order valence-electron chi connectivity index (χ3n) is 7.99. The first-order valence-corrected chi connectivity index (χ1v) is 15.6. The maximum absolute atomic E-state index is 14.6. The Morgan fingerprint density at radius 2 is 1.02 bits per heavy atom. The second kappa shape index (κ2) is 13.5. The molecule has 0 radical (unpaired) electrons. The van der Waals surface area contributed by atoms with E-state index in [1.807, 2.05) is 53.7 Å². The highest BCUT2D eigenvalue weighted by Crippen LogP contribution is 2.40. The Hall–Kier alpha value is -3.75. The molecule has 9 heteroatoms. The van der Waals surface area contributed by atoms with E-state index < -0.39 is 23.4 Å². The zero-order valence-electron chi connectivity index (χ0n) is 27.5. The van der Waals surface area contributed by atoms with E-state index in [9.17, 15) is 14.4 Å². The number of amides is 2. The lowest BCUT2D eigenvalue weighted by Gasteiger charge is -2.38. The van der Waals surface area contributed by atoms with Crippen LogP contribution in [0.15, 0.2) is 36.4 Å². The molecule has 44 heavy (non-hydrogen) atoms. The van der Waals surface area contributed by atoms with Crippen LogP contribution in [0.2, 0.25) is 0 Å². The van der Waals surface area contributed by atoms with E-state index in [0.717, 1.165) is 25.7 Å². The van der Waals surface area contributed by atoms with Crippen molar-refractivity contribution < 1.29 is 33.3 Å². The Morgan fingerprint density at radius 3 is 1.36 bits per heavy atom. The number of ether oxygens (including phenoxy) is 4. The number of rotatable bonds is 6. The van der Waals surface area contributed by atoms with Crippen molar-refractivity contribution in [1.82, 2.24) is 9.80 Å². The summed E-state index contributed by atoms with van der Waals surface area (Å²) < 4.78 is 22.7. The molecule has 2 aliphatic heterocycles. The monoisotopic (exact) mass is 608 g/mol. The smallest absolute Gasteiger partial charge is 0.410 e. The van der Waals surface area contributed by atoms with Gasteiger partial charge in [-0.15, -0.1) is 0 Å². The molecule has 2 aliphatic rings. The van der Waals surface area contributed by atoms with Crippen molar-refractivity contribution in [2.24, 2.45) is 0 Å². The second-order valence-electron chi connectivity index (χ2n) is 13.6. The molecular weight excluding hydrogens is 560 g/mol. The second-order valence-corrected chi connectivity index (χ2v) is 13.6. The van der Waals surface area contributed by atoms with E-state index in [0.29, 0.717) is 59.7 Å². The predicted molar refractivity (Wildman–Crippen MR) is 168 cm³/mol. The van der Waals surface area contributed by atoms with Gasteiger partial charge in [0.05, 0.1) is 26.3 Å². The van der Waals surface area contributed by atoms with Gasteiger partial charge in [-0.1, -0.05) is 0 Å². The van der Waals surface area contributed by atoms with Crippen LogP contribution in [0.25, 0.3) is 0 Å². The van der Waals surface area contributed by atoms with Crippen LogP contribution in [0, 0.1) is 0 Å². The lowest BCUT2D eigenvalue weighted by Crippen LogP contribution is -2.42. The normalized spacial score (nSPS) is 19.3. The van der Waals surface area contributed by atoms with Gasteiger partial charge in [0, 0.05) is 24.2 Å². The molecule has 0 N–H and O–H groups in total. The van der Waals surface area contributed by atoms with Crippen LogP contribution in [0.5, 0.6) is 11.5 Å². The Labute approximate surface area is 261 Å². The van der Waals surface area contributed by atoms with E-state index >= 15 is 0 Å². The predicted octanol–water partition coefficient (Wildman–Crippen LogP) is 7.86. The van der Waals surface area contributed by atoms with Gasteiger partial charge < -0.3 is 28.7 Å². The fraction of sp³-hybridized carbons (Fsp3) is 0.571. The number of methoxy groups -OCH3 is 2. The zero-order chi connectivity index (χ0) is 32.2. The van der Waals surface area contributed by atoms with Gasteiger partial charge in [0.1, 0.15) is 22.7 Å². The van der Waals surface area contributed by atoms with Crippen LogP contribution in [0.4, 0.5) is 9.59 Å². The lowest BCUT2D eigenvalue weighted by molar-refractivity contribution is 0.00854. The zero-order valence-corrected chi connectivity index (χ0v) is 27.5. The molecule has 2 aromatic rings. The molecule has 0 aliphatic carbocycles. The van der Waals surface area contributed by atoms with Crippen molar-refractivity contribution in [3.8, 4) is 11.5 Å². The van der Waals surface area contributed by atoms with Crippen LogP contribution in [0.1, 0.15) is 119 Å². The first kappa shape index (κ1) is 33.1. The maximum Gasteiger partial charge on any atom is 0.410 e. The van der Waals surface area contributed by atoms with Gasteiger partial charge in [0.25, 0.3) is 0 Å². The average Bonchev–Trinajstić information content (AvgIpc) is 2.98. The van der Waals surface area contributed by atoms with Gasteiger partial charge in [-0.25, -0.2) is 9.59 Å². The van der Waals surface area contributed by atoms with E-state index in [1.165, 1.54) is 0 Å². The topological polar surface area (TPSA) is 94.6 Å². The molecule has 0 bridgehead atoms. The first-order chi connectivity index (χ1) is 20.7. The number of likely N-dealkylation sites (tertiary alicyclic amines) is 2. The molecule has 2 atom stereocenters. The van der Waals surface area contributed by atoms with Crippen molar-refractivity contribution in [2.75, 3.05) is 27.3 Å². The Morgan fingerprint density at radius 1 is 0.636 bits per heavy atom. The number of nitrogens with zero attached hydrogens (tertiary/aromatic N) is 2. The van der Waals surface area contributed by atoms with Crippen molar-refractivity contribution in [2.45, 2.75) is 103 Å². The number of piperidine rings is 2. The van der Waals surface area contributed by atoms with Crippen molar-refractivity contribution >= 4 is 18.0 Å². The highest BCUT2D eigenvalue weighted by molar-refractivity contribution is 6.11. The van der Waals surface area contributed by atoms with Gasteiger partial charge in [0.2, 0.25) is 0 Å². The van der Waals surface area contributed by atoms with E-state index in [4.69, 9.17) is 18.9 Å². The molecule has 2 saturated heterocycles. The van der Waals surface area contributed by atoms with E-state index in [-0.39, 0.29) is 17.9 Å². The standard InChI is InChI=1S/C35H48N2O7/c1-34(2,3)43-32(39)36-19-11-9-13-29(36)27-21-23(41-7)15-17-25(27)31(38)26-18-16-24(42-8)22-28(26)30-14-10-12-20-37(30)33(40)44-35(4,5)6/h15-18,21-22,29-30H,9-14,19-20H2,1-8H3/t29-,30-/m1/s1. The third-order valence-corrected chi connectivity index (χ3v) is 7.99. The Kier molecular flexibility index (Phi) is 10.2. The third kappa shape index (κ3) is 7.85. The van der Waals surface area contributed by atoms with Gasteiger partial charge in [-0.3, -0.25) is 4.79 Å². The van der Waals surface area contributed by atoms with Crippen LogP contribution in [-0.4, -0.2) is 66.3 Å². The molecule has 2 aromatic carbocycles. The Bertz CT molecular complexity index is 1260. The first-order valence-electron chi connectivity index (χ1n) is 15.6. The van der Waals surface area contributed by atoms with Crippen LogP contribution < -0.4 is 9.47 Å². The van der Waals surface area contributed by atoms with Gasteiger partial charge in [-0.05, 0) is 128 Å². The number of hydrogen-bond acceptors (Lipinski definition) is 7. The number of ketones is 1. The molecule has 2 amide bonds. The van der Waals surface area contributed by atoms with Gasteiger partial charge in [-0.2, -0.15) is 0 Å². The summed E-state index contributed by atoms with van der Waals surface area (Å²) in [5.41, 5.74) is 1.10. The summed E-state index contributed by atoms with van der Waals surface area (Å²) in [5, 5.41) is 0. The van der Waals surface area contributed by atoms with Gasteiger partial charge >= 0.3 is 12.2 Å². The van der Waals surface area contributed by atoms with Crippen molar-refractivity contribution in [3.05, 3.63) is 58.7 Å². The molecule has 4 rings (SSSR count). The van der Waals surface area contributed by atoms with Crippen molar-refractivity contribution in [1.29, 1.82) is 0 Å². The molecule has 2 fully saturated rings. The van der Waals surface area contributed by atoms with E-state index in [1.54, 1.807) is 48.3 Å². The summed E-state index contributed by atoms with van der Waals surface area (Å²) in [6.07, 6.45) is 4.12. The quantitative estimate of drug-likeness (QED) is 0.308. The molecule has 0 unspecified atom stereocenters. The van der Waals surface area contributed by atoms with Crippen LogP contribution in [-0.2, 0) is 9.47 Å². The maximum atomic E-state index is 14.6. The minimum absolute atomic E-state index is 0.190. The summed E-state index contributed by atoms with van der Waals surface area (Å²) in [6, 6.07) is 10.1. The molecule has 2 heterocycles. The minimum Gasteiger partial charge on any atom is -0.497 e. The molecule has 0 saturated carbocycles. The summed E-state index contributed by atoms with van der Waals surface area (Å²) in [5.74, 6) is 1.01. The summed E-state index contributed by atoms with van der Waals surface area (Å²) in [6.45, 7) is 12.2. The SMILES string of the molecule is COc1ccc(C(=O)c2ccc(OC)cc2[C@H]2CCCCN2C(=O)OC(C)(C)C)c([C@H]2CCCCN2C(=O)OC(C)(C)C)c1.